The summed E-state index contributed by atoms with van der Waals surface area (Å²) in [5.41, 5.74) is 5.36. The first kappa shape index (κ1) is 25.9. The van der Waals surface area contributed by atoms with Crippen molar-refractivity contribution in [1.82, 2.24) is 29.4 Å². The van der Waals surface area contributed by atoms with E-state index in [1.54, 1.807) is 40.3 Å². The minimum atomic E-state index is -0.399. The molecule has 0 spiro atoms. The van der Waals surface area contributed by atoms with Crippen LogP contribution in [-0.2, 0) is 29.7 Å². The van der Waals surface area contributed by atoms with E-state index in [0.717, 1.165) is 32.6 Å². The van der Waals surface area contributed by atoms with Gasteiger partial charge >= 0.3 is 0 Å². The van der Waals surface area contributed by atoms with Gasteiger partial charge in [-0.15, -0.1) is 11.3 Å². The molecule has 5 aromatic rings. The summed E-state index contributed by atoms with van der Waals surface area (Å²) in [5.74, 6) is -0.115. The molecule has 1 amide bonds. The van der Waals surface area contributed by atoms with Gasteiger partial charge < -0.3 is 14.4 Å². The number of hydrogen-bond donors (Lipinski definition) is 0. The maximum atomic E-state index is 14.4. The number of nitrogens with zero attached hydrogens (tertiary/aromatic N) is 6. The zero-order valence-corrected chi connectivity index (χ0v) is 22.9. The summed E-state index contributed by atoms with van der Waals surface area (Å²) in [6.07, 6.45) is 5.05. The number of thiophene rings is 1. The van der Waals surface area contributed by atoms with Crippen molar-refractivity contribution in [2.45, 2.75) is 13.1 Å². The number of amides is 1. The molecule has 0 saturated heterocycles. The Morgan fingerprint density at radius 1 is 1.20 bits per heavy atom. The van der Waals surface area contributed by atoms with Gasteiger partial charge in [0.25, 0.3) is 0 Å². The van der Waals surface area contributed by atoms with Gasteiger partial charge in [0.15, 0.2) is 0 Å². The molecule has 6 rings (SSSR count). The number of halogens is 1. The molecule has 11 heteroatoms. The summed E-state index contributed by atoms with van der Waals surface area (Å²) < 4.78 is 30.2. The van der Waals surface area contributed by atoms with Gasteiger partial charge in [-0.1, -0.05) is 6.58 Å². The predicted octanol–water partition coefficient (Wildman–Crippen LogP) is 4.92. The van der Waals surface area contributed by atoms with Crippen LogP contribution in [0, 0.1) is 5.82 Å². The molecule has 0 aliphatic carbocycles. The fourth-order valence-electron chi connectivity index (χ4n) is 4.98. The molecule has 0 radical (unpaired) electrons. The van der Waals surface area contributed by atoms with Crippen molar-refractivity contribution < 1.29 is 18.7 Å². The Morgan fingerprint density at radius 3 is 2.85 bits per heavy atom. The van der Waals surface area contributed by atoms with Crippen LogP contribution in [0.5, 0.6) is 5.75 Å². The van der Waals surface area contributed by atoms with Crippen LogP contribution in [0.15, 0.2) is 60.8 Å². The largest absolute Gasteiger partial charge is 0.490 e. The lowest BCUT2D eigenvalue weighted by Crippen LogP contribution is -2.37. The van der Waals surface area contributed by atoms with Crippen LogP contribution in [0.3, 0.4) is 0 Å². The van der Waals surface area contributed by atoms with E-state index in [2.05, 4.69) is 11.7 Å². The molecule has 5 heterocycles. The Labute approximate surface area is 234 Å². The molecule has 1 aromatic carbocycles. The number of aryl methyl sites for hydroxylation is 1. The quantitative estimate of drug-likeness (QED) is 0.199. The highest BCUT2D eigenvalue weighted by molar-refractivity contribution is 7.18. The van der Waals surface area contributed by atoms with Gasteiger partial charge in [-0.3, -0.25) is 14.2 Å². The van der Waals surface area contributed by atoms with Crippen LogP contribution in [-0.4, -0.2) is 62.2 Å². The molecule has 0 unspecified atom stereocenters. The second kappa shape index (κ2) is 10.7. The summed E-state index contributed by atoms with van der Waals surface area (Å²) in [5, 5.41) is 12.3. The normalized spacial score (nSPS) is 13.0. The highest BCUT2D eigenvalue weighted by Gasteiger charge is 2.27. The molecule has 0 N–H and O–H groups in total. The Kier molecular flexibility index (Phi) is 6.91. The third kappa shape index (κ3) is 4.67. The maximum Gasteiger partial charge on any atom is 0.246 e. The van der Waals surface area contributed by atoms with Crippen LogP contribution in [0.4, 0.5) is 4.39 Å². The van der Waals surface area contributed by atoms with Crippen molar-refractivity contribution >= 4 is 27.3 Å². The summed E-state index contributed by atoms with van der Waals surface area (Å²) in [6, 6.07) is 8.54. The van der Waals surface area contributed by atoms with Crippen LogP contribution < -0.4 is 4.74 Å². The number of aromatic nitrogens is 5. The van der Waals surface area contributed by atoms with Crippen molar-refractivity contribution in [3.05, 3.63) is 72.3 Å². The lowest BCUT2D eigenvalue weighted by molar-refractivity contribution is -0.127. The highest BCUT2D eigenvalue weighted by Crippen LogP contribution is 2.46. The monoisotopic (exact) mass is 558 g/mol. The van der Waals surface area contributed by atoms with Crippen LogP contribution >= 0.6 is 11.3 Å². The van der Waals surface area contributed by atoms with Gasteiger partial charge in [0.05, 0.1) is 37.3 Å². The Hall–Kier alpha value is -4.35. The minimum Gasteiger partial charge on any atom is -0.490 e. The Morgan fingerprint density at radius 2 is 2.08 bits per heavy atom. The molecule has 0 fully saturated rings. The number of benzene rings is 1. The molecule has 1 aliphatic rings. The molecule has 0 atom stereocenters. The zero-order chi connectivity index (χ0) is 27.8. The zero-order valence-electron chi connectivity index (χ0n) is 22.1. The third-order valence-corrected chi connectivity index (χ3v) is 7.80. The molecular weight excluding hydrogens is 531 g/mol. The predicted molar refractivity (Wildman–Crippen MR) is 151 cm³/mol. The van der Waals surface area contributed by atoms with Gasteiger partial charge in [-0.05, 0) is 35.7 Å². The topological polar surface area (TPSA) is 87.3 Å². The fourth-order valence-corrected chi connectivity index (χ4v) is 5.94. The molecule has 0 bridgehead atoms. The lowest BCUT2D eigenvalue weighted by atomic mass is 9.97. The number of fused-ring (bicyclic) bond motifs is 2. The van der Waals surface area contributed by atoms with Gasteiger partial charge in [0, 0.05) is 59.7 Å². The second-order valence-corrected chi connectivity index (χ2v) is 10.4. The average molecular weight is 559 g/mol. The molecule has 1 aliphatic heterocycles. The number of ether oxygens (including phenoxy) is 2. The standard InChI is InChI=1S/C29H27FN6O3S/c1-4-25(37)35-8-9-36-20(17-35)14-23(33-36)28-26(21-6-5-19(30)13-24(21)39-11-10-38-3)29-22(7-12-40-29)27(32-28)18-15-31-34(2)16-18/h4-7,12-16H,1,8-11,17H2,2-3H3. The number of carbonyl (C=O) groups excluding carboxylic acids is 1. The summed E-state index contributed by atoms with van der Waals surface area (Å²) in [4.78, 5) is 19.2. The van der Waals surface area contributed by atoms with E-state index in [1.807, 2.05) is 35.4 Å². The molecule has 204 valence electrons. The molecule has 40 heavy (non-hydrogen) atoms. The third-order valence-electron chi connectivity index (χ3n) is 6.87. The van der Waals surface area contributed by atoms with E-state index in [-0.39, 0.29) is 12.5 Å². The summed E-state index contributed by atoms with van der Waals surface area (Å²) in [7, 11) is 3.46. The molecule has 0 saturated carbocycles. The molecule has 4 aromatic heterocycles. The van der Waals surface area contributed by atoms with Crippen molar-refractivity contribution in [2.75, 3.05) is 26.9 Å². The first-order valence-corrected chi connectivity index (χ1v) is 13.6. The van der Waals surface area contributed by atoms with Crippen LogP contribution in [0.1, 0.15) is 5.69 Å². The number of rotatable bonds is 8. The first-order valence-electron chi connectivity index (χ1n) is 12.8. The van der Waals surface area contributed by atoms with E-state index in [1.165, 1.54) is 18.2 Å². The van der Waals surface area contributed by atoms with E-state index in [9.17, 15) is 9.18 Å². The Balaban J connectivity index is 1.58. The van der Waals surface area contributed by atoms with Crippen molar-refractivity contribution in [3.63, 3.8) is 0 Å². The minimum absolute atomic E-state index is 0.115. The summed E-state index contributed by atoms with van der Waals surface area (Å²) in [6.45, 7) is 5.77. The van der Waals surface area contributed by atoms with Gasteiger partial charge in [0.2, 0.25) is 5.91 Å². The maximum absolute atomic E-state index is 14.4. The van der Waals surface area contributed by atoms with Crippen LogP contribution in [0.2, 0.25) is 0 Å². The SMILES string of the molecule is C=CC(=O)N1CCn2nc(-c3nc(-c4cnn(C)c4)c4ccsc4c3-c3ccc(F)cc3OCCOC)cc2C1. The van der Waals surface area contributed by atoms with Crippen molar-refractivity contribution in [1.29, 1.82) is 0 Å². The van der Waals surface area contributed by atoms with E-state index < -0.39 is 5.82 Å². The van der Waals surface area contributed by atoms with E-state index in [0.29, 0.717) is 48.9 Å². The van der Waals surface area contributed by atoms with E-state index in [4.69, 9.17) is 19.6 Å². The number of carbonyl (C=O) groups is 1. The molecular formula is C29H27FN6O3S. The van der Waals surface area contributed by atoms with Crippen LogP contribution in [0.25, 0.3) is 43.9 Å². The first-order chi connectivity index (χ1) is 19.5. The number of methoxy groups -OCH3 is 1. The van der Waals surface area contributed by atoms with Gasteiger partial charge in [0.1, 0.15) is 29.6 Å². The van der Waals surface area contributed by atoms with Crippen molar-refractivity contribution in [3.8, 4) is 39.5 Å². The highest BCUT2D eigenvalue weighted by atomic mass is 32.1. The Bertz CT molecular complexity index is 1740. The van der Waals surface area contributed by atoms with Gasteiger partial charge in [-0.2, -0.15) is 10.2 Å². The second-order valence-electron chi connectivity index (χ2n) is 9.44. The number of hydrogen-bond acceptors (Lipinski definition) is 7. The van der Waals surface area contributed by atoms with Crippen molar-refractivity contribution in [2.24, 2.45) is 7.05 Å². The number of pyridine rings is 1. The van der Waals surface area contributed by atoms with Gasteiger partial charge in [-0.25, -0.2) is 9.37 Å². The summed E-state index contributed by atoms with van der Waals surface area (Å²) >= 11 is 1.58. The molecule has 9 nitrogen and oxygen atoms in total. The average Bonchev–Trinajstić information content (AvgIpc) is 3.71. The smallest absolute Gasteiger partial charge is 0.246 e. The van der Waals surface area contributed by atoms with E-state index >= 15 is 0 Å². The fraction of sp³-hybridized carbons (Fsp3) is 0.241. The lowest BCUT2D eigenvalue weighted by Gasteiger charge is -2.26.